The summed E-state index contributed by atoms with van der Waals surface area (Å²) in [6.07, 6.45) is 2.16. The SMILES string of the molecule is N#CCCN(C(=O)CCN1C(=O)/C(=C/c2cccc(Br)c2)SC1=S)c1ccccc1. The molecule has 1 aliphatic rings. The lowest BCUT2D eigenvalue weighted by Gasteiger charge is -2.23. The van der Waals surface area contributed by atoms with E-state index in [1.807, 2.05) is 54.6 Å². The first kappa shape index (κ1) is 22.2. The summed E-state index contributed by atoms with van der Waals surface area (Å²) >= 11 is 10.0. The van der Waals surface area contributed by atoms with Gasteiger partial charge in [0.1, 0.15) is 4.32 Å². The lowest BCUT2D eigenvalue weighted by atomic mass is 10.2. The summed E-state index contributed by atoms with van der Waals surface area (Å²) in [6.45, 7) is 0.510. The fourth-order valence-electron chi connectivity index (χ4n) is 2.95. The van der Waals surface area contributed by atoms with Gasteiger partial charge in [-0.3, -0.25) is 14.5 Å². The number of thiocarbonyl (C=S) groups is 1. The topological polar surface area (TPSA) is 64.4 Å². The normalized spacial score (nSPS) is 14.8. The van der Waals surface area contributed by atoms with Gasteiger partial charge in [0, 0.05) is 29.7 Å². The highest BCUT2D eigenvalue weighted by molar-refractivity contribution is 9.10. The molecule has 0 unspecified atom stereocenters. The van der Waals surface area contributed by atoms with E-state index < -0.39 is 0 Å². The first-order valence-electron chi connectivity index (χ1n) is 9.23. The van der Waals surface area contributed by atoms with Crippen LogP contribution in [-0.4, -0.2) is 34.1 Å². The van der Waals surface area contributed by atoms with E-state index in [0.717, 1.165) is 15.7 Å². The van der Waals surface area contributed by atoms with Crippen LogP contribution < -0.4 is 4.90 Å². The highest BCUT2D eigenvalue weighted by Gasteiger charge is 2.32. The van der Waals surface area contributed by atoms with Gasteiger partial charge in [-0.15, -0.1) is 0 Å². The minimum Gasteiger partial charge on any atom is -0.311 e. The zero-order chi connectivity index (χ0) is 21.5. The molecule has 0 N–H and O–H groups in total. The molecule has 0 spiro atoms. The maximum absolute atomic E-state index is 12.8. The molecule has 1 heterocycles. The van der Waals surface area contributed by atoms with Crippen LogP contribution in [0.3, 0.4) is 0 Å². The summed E-state index contributed by atoms with van der Waals surface area (Å²) in [5, 5.41) is 8.91. The van der Waals surface area contributed by atoms with Crippen LogP contribution in [0, 0.1) is 11.3 Å². The number of para-hydroxylation sites is 1. The fraction of sp³-hybridized carbons (Fsp3) is 0.182. The lowest BCUT2D eigenvalue weighted by Crippen LogP contribution is -2.36. The predicted octanol–water partition coefficient (Wildman–Crippen LogP) is 4.99. The molecule has 0 aromatic heterocycles. The molecule has 3 rings (SSSR count). The maximum Gasteiger partial charge on any atom is 0.266 e. The van der Waals surface area contributed by atoms with Crippen LogP contribution in [-0.2, 0) is 9.59 Å². The molecule has 1 aliphatic heterocycles. The van der Waals surface area contributed by atoms with Crippen LogP contribution in [0.25, 0.3) is 6.08 Å². The molecule has 0 radical (unpaired) electrons. The summed E-state index contributed by atoms with van der Waals surface area (Å²) in [5.41, 5.74) is 1.63. The Morgan fingerprint density at radius 3 is 2.70 bits per heavy atom. The van der Waals surface area contributed by atoms with Crippen molar-refractivity contribution < 1.29 is 9.59 Å². The third-order valence-electron chi connectivity index (χ3n) is 4.39. The van der Waals surface area contributed by atoms with Gasteiger partial charge in [0.05, 0.1) is 17.4 Å². The van der Waals surface area contributed by atoms with E-state index in [2.05, 4.69) is 22.0 Å². The van der Waals surface area contributed by atoms with Crippen molar-refractivity contribution in [1.82, 2.24) is 4.90 Å². The van der Waals surface area contributed by atoms with Gasteiger partial charge in [-0.25, -0.2) is 0 Å². The minimum atomic E-state index is -0.193. The highest BCUT2D eigenvalue weighted by atomic mass is 79.9. The van der Waals surface area contributed by atoms with Crippen molar-refractivity contribution in [2.75, 3.05) is 18.0 Å². The first-order valence-corrected chi connectivity index (χ1v) is 11.2. The molecule has 0 aliphatic carbocycles. The number of halogens is 1. The van der Waals surface area contributed by atoms with Gasteiger partial charge in [0.2, 0.25) is 5.91 Å². The van der Waals surface area contributed by atoms with Crippen molar-refractivity contribution in [2.24, 2.45) is 0 Å². The number of hydrogen-bond acceptors (Lipinski definition) is 5. The van der Waals surface area contributed by atoms with Gasteiger partial charge in [0.25, 0.3) is 5.91 Å². The molecule has 2 aromatic rings. The maximum atomic E-state index is 12.8. The quantitative estimate of drug-likeness (QED) is 0.396. The van der Waals surface area contributed by atoms with Gasteiger partial charge < -0.3 is 4.90 Å². The number of hydrogen-bond donors (Lipinski definition) is 0. The van der Waals surface area contributed by atoms with Crippen LogP contribution in [0.15, 0.2) is 64.0 Å². The molecule has 1 saturated heterocycles. The molecule has 1 fully saturated rings. The second-order valence-electron chi connectivity index (χ2n) is 6.43. The van der Waals surface area contributed by atoms with Crippen molar-refractivity contribution in [2.45, 2.75) is 12.8 Å². The number of rotatable bonds is 7. The molecule has 8 heteroatoms. The fourth-order valence-corrected chi connectivity index (χ4v) is 4.68. The number of nitrogens with zero attached hydrogens (tertiary/aromatic N) is 3. The number of thioether (sulfide) groups is 1. The molecule has 0 saturated carbocycles. The Bertz CT molecular complexity index is 1030. The van der Waals surface area contributed by atoms with E-state index in [-0.39, 0.29) is 31.2 Å². The summed E-state index contributed by atoms with van der Waals surface area (Å²) < 4.78 is 1.37. The lowest BCUT2D eigenvalue weighted by molar-refractivity contribution is -0.123. The molecular formula is C22H18BrN3O2S2. The van der Waals surface area contributed by atoms with Crippen LogP contribution in [0.2, 0.25) is 0 Å². The Hall–Kier alpha value is -2.47. The Kier molecular flexibility index (Phi) is 7.80. The van der Waals surface area contributed by atoms with E-state index in [1.165, 1.54) is 16.7 Å². The third-order valence-corrected chi connectivity index (χ3v) is 6.26. The van der Waals surface area contributed by atoms with Gasteiger partial charge in [-0.05, 0) is 35.9 Å². The number of benzene rings is 2. The van der Waals surface area contributed by atoms with Gasteiger partial charge >= 0.3 is 0 Å². The van der Waals surface area contributed by atoms with Gasteiger partial charge in [-0.2, -0.15) is 5.26 Å². The largest absolute Gasteiger partial charge is 0.311 e. The summed E-state index contributed by atoms with van der Waals surface area (Å²) in [6, 6.07) is 18.9. The number of amides is 2. The van der Waals surface area contributed by atoms with Crippen molar-refractivity contribution >= 4 is 67.8 Å². The second-order valence-corrected chi connectivity index (χ2v) is 9.02. The van der Waals surface area contributed by atoms with E-state index in [4.69, 9.17) is 17.5 Å². The number of nitriles is 1. The number of carbonyl (C=O) groups excluding carboxylic acids is 2. The summed E-state index contributed by atoms with van der Waals surface area (Å²) in [7, 11) is 0. The molecule has 0 atom stereocenters. The van der Waals surface area contributed by atoms with Crippen molar-refractivity contribution in [1.29, 1.82) is 5.26 Å². The Morgan fingerprint density at radius 2 is 2.00 bits per heavy atom. The Morgan fingerprint density at radius 1 is 1.23 bits per heavy atom. The van der Waals surface area contributed by atoms with Crippen LogP contribution in [0.4, 0.5) is 5.69 Å². The van der Waals surface area contributed by atoms with E-state index in [0.29, 0.717) is 15.8 Å². The standard InChI is InChI=1S/C22H18BrN3O2S2/c23-17-7-4-6-16(14-17)15-19-21(28)26(22(29)30-19)13-10-20(27)25(12-5-11-24)18-8-2-1-3-9-18/h1-4,6-9,14-15H,5,10,12-13H2/b19-15-. The van der Waals surface area contributed by atoms with E-state index >= 15 is 0 Å². The Labute approximate surface area is 193 Å². The van der Waals surface area contributed by atoms with Gasteiger partial charge in [0.15, 0.2) is 0 Å². The van der Waals surface area contributed by atoms with Crippen LogP contribution >= 0.6 is 39.9 Å². The number of carbonyl (C=O) groups is 2. The van der Waals surface area contributed by atoms with Crippen molar-refractivity contribution in [3.8, 4) is 6.07 Å². The Balaban J connectivity index is 1.68. The molecule has 5 nitrogen and oxygen atoms in total. The van der Waals surface area contributed by atoms with E-state index in [9.17, 15) is 9.59 Å². The molecule has 152 valence electrons. The monoisotopic (exact) mass is 499 g/mol. The zero-order valence-corrected chi connectivity index (χ0v) is 19.2. The first-order chi connectivity index (χ1) is 14.5. The smallest absolute Gasteiger partial charge is 0.266 e. The molecule has 2 aromatic carbocycles. The average Bonchev–Trinajstić information content (AvgIpc) is 3.00. The summed E-state index contributed by atoms with van der Waals surface area (Å²) in [5.74, 6) is -0.345. The average molecular weight is 500 g/mol. The second kappa shape index (κ2) is 10.5. The number of anilines is 1. The van der Waals surface area contributed by atoms with Crippen LogP contribution in [0.5, 0.6) is 0 Å². The molecule has 2 amide bonds. The molecule has 30 heavy (non-hydrogen) atoms. The van der Waals surface area contributed by atoms with E-state index in [1.54, 1.807) is 11.0 Å². The molecular weight excluding hydrogens is 482 g/mol. The predicted molar refractivity (Wildman–Crippen MR) is 128 cm³/mol. The molecule has 0 bridgehead atoms. The van der Waals surface area contributed by atoms with Gasteiger partial charge in [-0.1, -0.05) is 70.2 Å². The van der Waals surface area contributed by atoms with Crippen molar-refractivity contribution in [3.05, 3.63) is 69.5 Å². The third kappa shape index (κ3) is 5.57. The van der Waals surface area contributed by atoms with Crippen molar-refractivity contribution in [3.63, 3.8) is 0 Å². The zero-order valence-electron chi connectivity index (χ0n) is 16.0. The summed E-state index contributed by atoms with van der Waals surface area (Å²) in [4.78, 5) is 29.2. The highest BCUT2D eigenvalue weighted by Crippen LogP contribution is 2.33. The minimum absolute atomic E-state index is 0.122. The van der Waals surface area contributed by atoms with Crippen LogP contribution in [0.1, 0.15) is 18.4 Å².